The van der Waals surface area contributed by atoms with Gasteiger partial charge in [-0.25, -0.2) is 4.39 Å². The molecule has 0 atom stereocenters. The van der Waals surface area contributed by atoms with Gasteiger partial charge in [-0.15, -0.1) is 0 Å². The molecule has 1 aliphatic heterocycles. The highest BCUT2D eigenvalue weighted by Gasteiger charge is 2.24. The Balaban J connectivity index is 1.35. The third kappa shape index (κ3) is 5.80. The lowest BCUT2D eigenvalue weighted by molar-refractivity contribution is -0.126. The van der Waals surface area contributed by atoms with Crippen LogP contribution in [-0.4, -0.2) is 37.6 Å². The third-order valence-corrected chi connectivity index (χ3v) is 5.39. The number of amides is 1. The number of hydrogen-bond donors (Lipinski definition) is 1. The summed E-state index contributed by atoms with van der Waals surface area (Å²) in [5.41, 5.74) is 2.29. The summed E-state index contributed by atoms with van der Waals surface area (Å²) in [4.78, 5) is 14.8. The van der Waals surface area contributed by atoms with Crippen LogP contribution in [0, 0.1) is 11.7 Å². The maximum Gasteiger partial charge on any atom is 0.223 e. The number of aryl methyl sites for hydroxylation is 1. The zero-order valence-corrected chi connectivity index (χ0v) is 16.5. The molecule has 1 aliphatic rings. The Kier molecular flexibility index (Phi) is 7.43. The van der Waals surface area contributed by atoms with Crippen molar-refractivity contribution >= 4 is 5.91 Å². The molecule has 2 aromatic carbocycles. The summed E-state index contributed by atoms with van der Waals surface area (Å²) in [6.07, 6.45) is 3.54. The second-order valence-corrected chi connectivity index (χ2v) is 7.38. The second kappa shape index (κ2) is 10.2. The first-order chi connectivity index (χ1) is 13.7. The lowest BCUT2D eigenvalue weighted by Gasteiger charge is -2.31. The largest absolute Gasteiger partial charge is 0.496 e. The van der Waals surface area contributed by atoms with E-state index in [9.17, 15) is 9.18 Å². The van der Waals surface area contributed by atoms with E-state index in [0.717, 1.165) is 56.6 Å². The lowest BCUT2D eigenvalue weighted by Crippen LogP contribution is -2.40. The molecule has 1 N–H and O–H groups in total. The second-order valence-electron chi connectivity index (χ2n) is 7.38. The fraction of sp³-hybridized carbons (Fsp3) is 0.435. The molecule has 1 amide bonds. The minimum Gasteiger partial charge on any atom is -0.496 e. The Morgan fingerprint density at radius 3 is 2.57 bits per heavy atom. The Bertz CT molecular complexity index is 755. The van der Waals surface area contributed by atoms with E-state index in [0.29, 0.717) is 6.54 Å². The zero-order chi connectivity index (χ0) is 19.8. The minimum absolute atomic E-state index is 0.0933. The number of hydrogen-bond acceptors (Lipinski definition) is 3. The van der Waals surface area contributed by atoms with Crippen LogP contribution in [-0.2, 0) is 17.8 Å². The monoisotopic (exact) mass is 384 g/mol. The number of piperidine rings is 1. The lowest BCUT2D eigenvalue weighted by atomic mass is 9.95. The van der Waals surface area contributed by atoms with E-state index in [1.807, 2.05) is 30.3 Å². The van der Waals surface area contributed by atoms with Gasteiger partial charge in [0.2, 0.25) is 5.91 Å². The average Bonchev–Trinajstić information content (AvgIpc) is 2.73. The number of para-hydroxylation sites is 1. The highest BCUT2D eigenvalue weighted by molar-refractivity contribution is 5.78. The summed E-state index contributed by atoms with van der Waals surface area (Å²) >= 11 is 0. The number of carbonyl (C=O) groups is 1. The summed E-state index contributed by atoms with van der Waals surface area (Å²) in [7, 11) is 1.68. The quantitative estimate of drug-likeness (QED) is 0.704. The number of methoxy groups -OCH3 is 1. The molecule has 1 saturated heterocycles. The Hall–Kier alpha value is -2.40. The number of rotatable bonds is 8. The molecule has 3 rings (SSSR count). The van der Waals surface area contributed by atoms with Crippen molar-refractivity contribution in [3.63, 3.8) is 0 Å². The average molecular weight is 384 g/mol. The third-order valence-electron chi connectivity index (χ3n) is 5.39. The molecule has 0 aromatic heterocycles. The number of benzene rings is 2. The summed E-state index contributed by atoms with van der Waals surface area (Å²) in [5, 5.41) is 3.09. The molecule has 0 saturated carbocycles. The molecule has 0 bridgehead atoms. The standard InChI is InChI=1S/C23H29FN2O2/c1-28-22-7-3-2-5-19(22)6-4-14-25-23(27)20-12-15-26(16-13-20)17-18-8-10-21(24)11-9-18/h2-3,5,7-11,20H,4,6,12-17H2,1H3,(H,25,27). The van der Waals surface area contributed by atoms with E-state index in [4.69, 9.17) is 4.74 Å². The highest BCUT2D eigenvalue weighted by Crippen LogP contribution is 2.20. The van der Waals surface area contributed by atoms with Crippen molar-refractivity contribution in [2.24, 2.45) is 5.92 Å². The molecule has 5 heteroatoms. The van der Waals surface area contributed by atoms with Gasteiger partial charge in [-0.2, -0.15) is 0 Å². The molecule has 0 spiro atoms. The van der Waals surface area contributed by atoms with Gasteiger partial charge in [0.1, 0.15) is 11.6 Å². The predicted octanol–water partition coefficient (Wildman–Crippen LogP) is 3.80. The van der Waals surface area contributed by atoms with Gasteiger partial charge >= 0.3 is 0 Å². The van der Waals surface area contributed by atoms with Crippen LogP contribution < -0.4 is 10.1 Å². The maximum absolute atomic E-state index is 13.0. The molecule has 2 aromatic rings. The number of ether oxygens (including phenoxy) is 1. The topological polar surface area (TPSA) is 41.6 Å². The van der Waals surface area contributed by atoms with E-state index in [-0.39, 0.29) is 17.6 Å². The van der Waals surface area contributed by atoms with Crippen LogP contribution in [0.4, 0.5) is 4.39 Å². The Morgan fingerprint density at radius 2 is 1.86 bits per heavy atom. The summed E-state index contributed by atoms with van der Waals surface area (Å²) in [6.45, 7) is 3.30. The van der Waals surface area contributed by atoms with E-state index in [1.165, 1.54) is 17.7 Å². The minimum atomic E-state index is -0.204. The van der Waals surface area contributed by atoms with Crippen LogP contribution in [0.25, 0.3) is 0 Å². The first-order valence-electron chi connectivity index (χ1n) is 10.0. The van der Waals surface area contributed by atoms with Gasteiger partial charge in [-0.05, 0) is 68.1 Å². The van der Waals surface area contributed by atoms with Crippen molar-refractivity contribution in [3.05, 3.63) is 65.5 Å². The molecular formula is C23H29FN2O2. The molecule has 150 valence electrons. The summed E-state index contributed by atoms with van der Waals surface area (Å²) in [6, 6.07) is 14.7. The van der Waals surface area contributed by atoms with Crippen molar-refractivity contribution in [2.75, 3.05) is 26.7 Å². The van der Waals surface area contributed by atoms with Gasteiger partial charge < -0.3 is 10.1 Å². The van der Waals surface area contributed by atoms with Crippen molar-refractivity contribution in [1.29, 1.82) is 0 Å². The predicted molar refractivity (Wildman–Crippen MR) is 109 cm³/mol. The Labute approximate surface area is 166 Å². The number of carbonyl (C=O) groups excluding carboxylic acids is 1. The van der Waals surface area contributed by atoms with Gasteiger partial charge in [-0.1, -0.05) is 30.3 Å². The molecule has 0 radical (unpaired) electrons. The first-order valence-corrected chi connectivity index (χ1v) is 10.0. The van der Waals surface area contributed by atoms with Crippen LogP contribution >= 0.6 is 0 Å². The molecule has 1 heterocycles. The number of likely N-dealkylation sites (tertiary alicyclic amines) is 1. The molecule has 4 nitrogen and oxygen atoms in total. The van der Waals surface area contributed by atoms with Gasteiger partial charge in [0, 0.05) is 19.0 Å². The van der Waals surface area contributed by atoms with Crippen molar-refractivity contribution in [2.45, 2.75) is 32.2 Å². The fourth-order valence-corrected chi connectivity index (χ4v) is 3.75. The van der Waals surface area contributed by atoms with Gasteiger partial charge in [0.15, 0.2) is 0 Å². The first kappa shape index (κ1) is 20.3. The van der Waals surface area contributed by atoms with Crippen LogP contribution in [0.1, 0.15) is 30.4 Å². The summed E-state index contributed by atoms with van der Waals surface area (Å²) < 4.78 is 18.4. The van der Waals surface area contributed by atoms with Gasteiger partial charge in [-0.3, -0.25) is 9.69 Å². The number of nitrogens with zero attached hydrogens (tertiary/aromatic N) is 1. The normalized spacial score (nSPS) is 15.4. The number of halogens is 1. The zero-order valence-electron chi connectivity index (χ0n) is 16.5. The molecule has 1 fully saturated rings. The molecule has 0 unspecified atom stereocenters. The maximum atomic E-state index is 13.0. The fourth-order valence-electron chi connectivity index (χ4n) is 3.75. The smallest absolute Gasteiger partial charge is 0.223 e. The SMILES string of the molecule is COc1ccccc1CCCNC(=O)C1CCN(Cc2ccc(F)cc2)CC1. The van der Waals surface area contributed by atoms with Gasteiger partial charge in [0.05, 0.1) is 7.11 Å². The van der Waals surface area contributed by atoms with E-state index < -0.39 is 0 Å². The van der Waals surface area contributed by atoms with Crippen molar-refractivity contribution in [3.8, 4) is 5.75 Å². The number of nitrogens with one attached hydrogen (secondary N) is 1. The highest BCUT2D eigenvalue weighted by atomic mass is 19.1. The Morgan fingerprint density at radius 1 is 1.14 bits per heavy atom. The van der Waals surface area contributed by atoms with Crippen LogP contribution in [0.15, 0.2) is 48.5 Å². The van der Waals surface area contributed by atoms with Crippen molar-refractivity contribution < 1.29 is 13.9 Å². The summed E-state index contributed by atoms with van der Waals surface area (Å²) in [5.74, 6) is 0.962. The van der Waals surface area contributed by atoms with Crippen LogP contribution in [0.2, 0.25) is 0 Å². The molecule has 0 aliphatic carbocycles. The van der Waals surface area contributed by atoms with Crippen LogP contribution in [0.5, 0.6) is 5.75 Å². The van der Waals surface area contributed by atoms with E-state index >= 15 is 0 Å². The van der Waals surface area contributed by atoms with Crippen molar-refractivity contribution in [1.82, 2.24) is 10.2 Å². The molecule has 28 heavy (non-hydrogen) atoms. The van der Waals surface area contributed by atoms with E-state index in [1.54, 1.807) is 7.11 Å². The van der Waals surface area contributed by atoms with E-state index in [2.05, 4.69) is 16.3 Å². The molecular weight excluding hydrogens is 355 g/mol. The van der Waals surface area contributed by atoms with Gasteiger partial charge in [0.25, 0.3) is 0 Å². The van der Waals surface area contributed by atoms with Crippen LogP contribution in [0.3, 0.4) is 0 Å².